The molecule has 2 aromatic carbocycles. The van der Waals surface area contributed by atoms with Gasteiger partial charge in [0.25, 0.3) is 0 Å². The van der Waals surface area contributed by atoms with Crippen molar-refractivity contribution in [1.29, 1.82) is 0 Å². The maximum absolute atomic E-state index is 12.2. The van der Waals surface area contributed by atoms with E-state index in [4.69, 9.17) is 14.2 Å². The van der Waals surface area contributed by atoms with E-state index in [1.165, 1.54) is 11.9 Å². The van der Waals surface area contributed by atoms with Gasteiger partial charge in [-0.2, -0.15) is 5.10 Å². The zero-order chi connectivity index (χ0) is 20.8. The summed E-state index contributed by atoms with van der Waals surface area (Å²) in [5.74, 6) is 0.653. The second-order valence-electron chi connectivity index (χ2n) is 6.50. The number of hydrazone groups is 1. The van der Waals surface area contributed by atoms with Gasteiger partial charge in [0.2, 0.25) is 5.91 Å². The van der Waals surface area contributed by atoms with Gasteiger partial charge in [0.15, 0.2) is 6.61 Å². The van der Waals surface area contributed by atoms with Crippen molar-refractivity contribution in [2.45, 2.75) is 26.3 Å². The van der Waals surface area contributed by atoms with E-state index in [9.17, 15) is 9.59 Å². The van der Waals surface area contributed by atoms with Gasteiger partial charge in [-0.05, 0) is 36.8 Å². The van der Waals surface area contributed by atoms with E-state index in [1.807, 2.05) is 42.5 Å². The van der Waals surface area contributed by atoms with Crippen molar-refractivity contribution < 1.29 is 23.8 Å². The van der Waals surface area contributed by atoms with E-state index in [0.717, 1.165) is 16.9 Å². The summed E-state index contributed by atoms with van der Waals surface area (Å²) in [7, 11) is 1.61. The SMILES string of the molecule is CCOC(=O)COc1ccccc1C1=NN(C(C)=O)[C@H](c2cccc(OC)c2)C1. The number of ether oxygens (including phenoxy) is 3. The van der Waals surface area contributed by atoms with Crippen LogP contribution in [-0.4, -0.2) is 42.9 Å². The Morgan fingerprint density at radius 1 is 1.17 bits per heavy atom. The van der Waals surface area contributed by atoms with Crippen LogP contribution >= 0.6 is 0 Å². The maximum Gasteiger partial charge on any atom is 0.344 e. The Morgan fingerprint density at radius 2 is 1.97 bits per heavy atom. The van der Waals surface area contributed by atoms with Gasteiger partial charge in [-0.1, -0.05) is 24.3 Å². The molecule has 0 fully saturated rings. The van der Waals surface area contributed by atoms with Gasteiger partial charge in [0, 0.05) is 18.9 Å². The molecule has 0 aromatic heterocycles. The van der Waals surface area contributed by atoms with Crippen molar-refractivity contribution in [3.63, 3.8) is 0 Å². The molecule has 0 saturated carbocycles. The summed E-state index contributed by atoms with van der Waals surface area (Å²) in [4.78, 5) is 23.9. The molecule has 152 valence electrons. The summed E-state index contributed by atoms with van der Waals surface area (Å²) >= 11 is 0. The number of hydrogen-bond donors (Lipinski definition) is 0. The summed E-state index contributed by atoms with van der Waals surface area (Å²) in [6.07, 6.45) is 0.520. The number of nitrogens with zero attached hydrogens (tertiary/aromatic N) is 2. The third kappa shape index (κ3) is 4.74. The van der Waals surface area contributed by atoms with Crippen LogP contribution in [0.5, 0.6) is 11.5 Å². The molecule has 1 amide bonds. The molecular formula is C22H24N2O5. The van der Waals surface area contributed by atoms with Crippen molar-refractivity contribution >= 4 is 17.6 Å². The highest BCUT2D eigenvalue weighted by molar-refractivity contribution is 6.05. The number of benzene rings is 2. The van der Waals surface area contributed by atoms with Crippen LogP contribution in [0, 0.1) is 0 Å². The third-order valence-corrected chi connectivity index (χ3v) is 4.56. The molecule has 1 atom stereocenters. The minimum absolute atomic E-state index is 0.155. The van der Waals surface area contributed by atoms with Gasteiger partial charge in [0.1, 0.15) is 11.5 Å². The number of rotatable bonds is 7. The lowest BCUT2D eigenvalue weighted by atomic mass is 9.97. The zero-order valence-electron chi connectivity index (χ0n) is 16.8. The van der Waals surface area contributed by atoms with Gasteiger partial charge in [0.05, 0.1) is 25.5 Å². The largest absolute Gasteiger partial charge is 0.497 e. The van der Waals surface area contributed by atoms with Crippen molar-refractivity contribution in [3.05, 3.63) is 59.7 Å². The average Bonchev–Trinajstić information content (AvgIpc) is 3.18. The average molecular weight is 396 g/mol. The van der Waals surface area contributed by atoms with Crippen molar-refractivity contribution in [2.24, 2.45) is 5.10 Å². The minimum Gasteiger partial charge on any atom is -0.497 e. The predicted octanol–water partition coefficient (Wildman–Crippen LogP) is 3.33. The highest BCUT2D eigenvalue weighted by atomic mass is 16.6. The zero-order valence-corrected chi connectivity index (χ0v) is 16.8. The van der Waals surface area contributed by atoms with E-state index in [-0.39, 0.29) is 18.6 Å². The van der Waals surface area contributed by atoms with Gasteiger partial charge in [-0.25, -0.2) is 9.80 Å². The smallest absolute Gasteiger partial charge is 0.344 e. The second kappa shape index (κ2) is 9.23. The van der Waals surface area contributed by atoms with Gasteiger partial charge in [-0.15, -0.1) is 0 Å². The van der Waals surface area contributed by atoms with Crippen LogP contribution in [0.3, 0.4) is 0 Å². The van der Waals surface area contributed by atoms with Crippen LogP contribution < -0.4 is 9.47 Å². The molecule has 1 aliphatic rings. The Labute approximate surface area is 169 Å². The van der Waals surface area contributed by atoms with E-state index in [1.54, 1.807) is 20.1 Å². The van der Waals surface area contributed by atoms with Crippen LogP contribution in [0.25, 0.3) is 0 Å². The van der Waals surface area contributed by atoms with Gasteiger partial charge in [-0.3, -0.25) is 4.79 Å². The Hall–Kier alpha value is -3.35. The number of amides is 1. The first-order chi connectivity index (χ1) is 14.0. The Morgan fingerprint density at radius 3 is 2.69 bits per heavy atom. The quantitative estimate of drug-likeness (QED) is 0.671. The Bertz CT molecular complexity index is 925. The van der Waals surface area contributed by atoms with Crippen LogP contribution in [0.15, 0.2) is 53.6 Å². The number of methoxy groups -OCH3 is 1. The van der Waals surface area contributed by atoms with E-state index < -0.39 is 5.97 Å². The first-order valence-electron chi connectivity index (χ1n) is 9.42. The van der Waals surface area contributed by atoms with Gasteiger partial charge < -0.3 is 14.2 Å². The number of hydrogen-bond acceptors (Lipinski definition) is 6. The Balaban J connectivity index is 1.87. The lowest BCUT2D eigenvalue weighted by Crippen LogP contribution is -2.24. The lowest BCUT2D eigenvalue weighted by molar-refractivity contribution is -0.145. The number of para-hydroxylation sites is 1. The fourth-order valence-corrected chi connectivity index (χ4v) is 3.24. The van der Waals surface area contributed by atoms with E-state index >= 15 is 0 Å². The van der Waals surface area contributed by atoms with Crippen molar-refractivity contribution in [1.82, 2.24) is 5.01 Å². The standard InChI is InChI=1S/C22H24N2O5/c1-4-28-22(26)14-29-21-11-6-5-10-18(21)19-13-20(24(23-19)15(2)25)16-8-7-9-17(12-16)27-3/h5-12,20H,4,13-14H2,1-3H3/t20-/m0/s1. The molecule has 0 radical (unpaired) electrons. The predicted molar refractivity (Wildman–Crippen MR) is 108 cm³/mol. The van der Waals surface area contributed by atoms with Gasteiger partial charge >= 0.3 is 5.97 Å². The summed E-state index contributed by atoms with van der Waals surface area (Å²) in [5, 5.41) is 6.04. The monoisotopic (exact) mass is 396 g/mol. The molecule has 0 saturated heterocycles. The third-order valence-electron chi connectivity index (χ3n) is 4.56. The molecule has 0 unspecified atom stereocenters. The first-order valence-corrected chi connectivity index (χ1v) is 9.42. The molecule has 1 heterocycles. The summed E-state index contributed by atoms with van der Waals surface area (Å²) in [5.41, 5.74) is 2.39. The van der Waals surface area contributed by atoms with E-state index in [2.05, 4.69) is 5.10 Å². The topological polar surface area (TPSA) is 77.4 Å². The summed E-state index contributed by atoms with van der Waals surface area (Å²) in [6, 6.07) is 14.7. The molecule has 7 nitrogen and oxygen atoms in total. The van der Waals surface area contributed by atoms with Crippen LogP contribution in [0.1, 0.15) is 37.4 Å². The summed E-state index contributed by atoms with van der Waals surface area (Å²) < 4.78 is 15.9. The molecule has 0 bridgehead atoms. The normalized spacial score (nSPS) is 15.6. The van der Waals surface area contributed by atoms with Crippen LogP contribution in [0.4, 0.5) is 0 Å². The molecule has 3 rings (SSSR count). The lowest BCUT2D eigenvalue weighted by Gasteiger charge is -2.20. The molecule has 0 aliphatic carbocycles. The number of carbonyl (C=O) groups is 2. The highest BCUT2D eigenvalue weighted by Gasteiger charge is 2.32. The van der Waals surface area contributed by atoms with Crippen LogP contribution in [0.2, 0.25) is 0 Å². The molecular weight excluding hydrogens is 372 g/mol. The first kappa shape index (κ1) is 20.4. The summed E-state index contributed by atoms with van der Waals surface area (Å²) in [6.45, 7) is 3.34. The molecule has 7 heteroatoms. The van der Waals surface area contributed by atoms with E-state index in [0.29, 0.717) is 24.5 Å². The van der Waals surface area contributed by atoms with Crippen molar-refractivity contribution in [3.8, 4) is 11.5 Å². The molecule has 0 N–H and O–H groups in total. The second-order valence-corrected chi connectivity index (χ2v) is 6.50. The van der Waals surface area contributed by atoms with Crippen LogP contribution in [-0.2, 0) is 14.3 Å². The fourth-order valence-electron chi connectivity index (χ4n) is 3.24. The molecule has 29 heavy (non-hydrogen) atoms. The fraction of sp³-hybridized carbons (Fsp3) is 0.318. The number of carbonyl (C=O) groups excluding carboxylic acids is 2. The van der Waals surface area contributed by atoms with Crippen molar-refractivity contribution in [2.75, 3.05) is 20.3 Å². The molecule has 2 aromatic rings. The highest BCUT2D eigenvalue weighted by Crippen LogP contribution is 2.36. The minimum atomic E-state index is -0.435. The Kier molecular flexibility index (Phi) is 6.49. The number of esters is 1. The maximum atomic E-state index is 12.2. The molecule has 0 spiro atoms. The molecule has 1 aliphatic heterocycles.